The summed E-state index contributed by atoms with van der Waals surface area (Å²) in [6.45, 7) is 93.7. The van der Waals surface area contributed by atoms with Crippen LogP contribution in [0.15, 0.2) is 0 Å². The van der Waals surface area contributed by atoms with Gasteiger partial charge < -0.3 is 83.0 Å². The van der Waals surface area contributed by atoms with E-state index in [-0.39, 0.29) is 43.3 Å². The van der Waals surface area contributed by atoms with Crippen molar-refractivity contribution in [2.45, 2.75) is 291 Å². The highest BCUT2D eigenvalue weighted by molar-refractivity contribution is 7.76. The van der Waals surface area contributed by atoms with Gasteiger partial charge in [-0.2, -0.15) is 0 Å². The lowest BCUT2D eigenvalue weighted by molar-refractivity contribution is 0.285. The molecule has 0 atom stereocenters. The molecule has 0 aliphatic carbocycles. The summed E-state index contributed by atoms with van der Waals surface area (Å²) >= 11 is 85.0. The van der Waals surface area contributed by atoms with Crippen LogP contribution in [0, 0.1) is 72.2 Å². The largest absolute Gasteiger partial charge is 0.382 e. The van der Waals surface area contributed by atoms with Gasteiger partial charge in [0.15, 0.2) is 0 Å². The Hall–Kier alpha value is -2.56. The first kappa shape index (κ1) is 132. The maximum absolute atomic E-state index is 5.43. The molecule has 0 amide bonds. The molecule has 0 spiro atoms. The average molecular weight is 2180 g/mol. The van der Waals surface area contributed by atoms with E-state index < -0.39 is 0 Å². The molecule has 0 heterocycles. The van der Waals surface area contributed by atoms with E-state index in [2.05, 4.69) is 327 Å². The minimum Gasteiger partial charge on any atom is -0.382 e. The summed E-state index contributed by atoms with van der Waals surface area (Å²) in [5.41, 5.74) is 24.5. The first-order valence-corrected chi connectivity index (χ1v) is 55.8. The zero-order valence-electron chi connectivity index (χ0n) is 91.1. The van der Waals surface area contributed by atoms with Gasteiger partial charge in [0.25, 0.3) is 0 Å². The number of hydrogen-bond donors (Lipinski definition) is 10. The van der Waals surface area contributed by atoms with E-state index in [1.54, 1.807) is 0 Å². The summed E-state index contributed by atoms with van der Waals surface area (Å²) in [6.07, 6.45) is 4.80. The van der Waals surface area contributed by atoms with E-state index in [0.717, 1.165) is 255 Å². The summed E-state index contributed by atoms with van der Waals surface area (Å²) in [5, 5.41) is 30.4. The number of hydrogen-bond acceptors (Lipinski definition) is 32. The van der Waals surface area contributed by atoms with Crippen molar-refractivity contribution in [3.05, 3.63) is 117 Å². The molecule has 0 fully saturated rings. The molecule has 8 aromatic rings. The Labute approximate surface area is 914 Å². The molecule has 16 nitrogen and oxygen atoms in total. The third-order valence-electron chi connectivity index (χ3n) is 23.2. The molecular weight excluding hydrogens is 2000 g/mol. The monoisotopic (exact) mass is 2170 g/mol. The van der Waals surface area contributed by atoms with Gasteiger partial charge in [-0.25, -0.2) is 0 Å². The fraction of sp³-hybridized carbons (Fsp3) is 0.695. The van der Waals surface area contributed by atoms with E-state index in [1.807, 2.05) is 7.05 Å². The molecule has 8 aromatic carbocycles. The van der Waals surface area contributed by atoms with Crippen LogP contribution >= 0.6 is 195 Å². The molecule has 32 heteroatoms. The molecule has 11 N–H and O–H groups in total. The predicted octanol–water partition coefficient (Wildman–Crippen LogP) is 30.1. The van der Waals surface area contributed by atoms with Crippen LogP contribution in [0.5, 0.6) is 0 Å². The highest BCUT2D eigenvalue weighted by atomic mass is 32.1. The molecule has 0 saturated carbocycles. The number of nitrogens with zero attached hydrogens (tertiary/aromatic N) is 6. The highest BCUT2D eigenvalue weighted by Crippen LogP contribution is 2.44. The molecule has 0 unspecified atom stereocenters. The number of nitrogens with one attached hydrogen (secondary N) is 9. The Morgan fingerprint density at radius 1 is 0.204 bits per heavy atom. The Balaban J connectivity index is 0.000000784. The number of anilines is 8. The van der Waals surface area contributed by atoms with Crippen molar-refractivity contribution in [1.82, 2.24) is 34.7 Å². The van der Waals surface area contributed by atoms with Gasteiger partial charge in [-0.1, -0.05) is 417 Å². The molecule has 0 aliphatic heterocycles. The lowest BCUT2D eigenvalue weighted by Gasteiger charge is -2.28. The van der Waals surface area contributed by atoms with Crippen LogP contribution in [0.3, 0.4) is 0 Å². The van der Waals surface area contributed by atoms with Crippen molar-refractivity contribution in [2.75, 3.05) is 235 Å². The van der Waals surface area contributed by atoms with E-state index in [0.29, 0.717) is 6.54 Å². The van der Waals surface area contributed by atoms with E-state index in [1.165, 1.54) is 83.3 Å². The molecule has 0 aromatic heterocycles. The van der Waals surface area contributed by atoms with Crippen molar-refractivity contribution in [3.63, 3.8) is 0 Å². The average Bonchev–Trinajstić information content (AvgIpc) is 0.763. The maximum atomic E-state index is 5.43. The quantitative estimate of drug-likeness (QED) is 0.0130. The van der Waals surface area contributed by atoms with Crippen molar-refractivity contribution in [1.29, 1.82) is 0 Å². The zero-order valence-corrected chi connectivity index (χ0v) is 104. The summed E-state index contributed by atoms with van der Waals surface area (Å²) in [5.74, 6) is 0. The molecular formula is C105H178N16S16. The molecule has 0 aliphatic rings. The van der Waals surface area contributed by atoms with Gasteiger partial charge in [0.05, 0.1) is 118 Å². The second kappa shape index (κ2) is 60.7. The predicted molar refractivity (Wildman–Crippen MR) is 651 cm³/mol. The Kier molecular flexibility index (Phi) is 58.6. The van der Waals surface area contributed by atoms with E-state index >= 15 is 0 Å². The van der Waals surface area contributed by atoms with Crippen LogP contribution in [0.1, 0.15) is 292 Å². The SMILES string of the molecule is CC(C)(C)c1c(NCCN)c(=S)c1=S.CCCN(C)CCNc1c(C(C)(C)C)c(=S)c1=S.CCCN(CC)CCNc1c(C(C)(C)C)c(=S)c1=S.CCCN(CCC)CCNc1c(C(C)(C)C)c(=S)c1=S.CCN(C)CCNc1c(C(C)(C)C)c(=S)c1=S.CCN(CC)CCNc1c(C(C)(C)C)c(=S)c1=S.CN(C)CCNc1c(C(C)(C)C)c(=S)c1=S.CNCCNc1c(C(C)(C)C)c(=S)c1=S. The molecule has 0 saturated heterocycles. The topological polar surface area (TPSA) is 154 Å². The summed E-state index contributed by atoms with van der Waals surface area (Å²) in [7, 11) is 10.3. The van der Waals surface area contributed by atoms with Gasteiger partial charge in [0.1, 0.15) is 0 Å². The molecule has 137 heavy (non-hydrogen) atoms. The van der Waals surface area contributed by atoms with Crippen LogP contribution in [0.25, 0.3) is 0 Å². The summed E-state index contributed by atoms with van der Waals surface area (Å²) in [6, 6.07) is 0. The lowest BCUT2D eigenvalue weighted by atomic mass is 9.83. The Morgan fingerprint density at radius 3 is 0.591 bits per heavy atom. The van der Waals surface area contributed by atoms with Gasteiger partial charge in [-0.15, -0.1) is 0 Å². The molecule has 774 valence electrons. The van der Waals surface area contributed by atoms with Crippen LogP contribution < -0.4 is 53.6 Å². The highest BCUT2D eigenvalue weighted by Gasteiger charge is 2.33. The third-order valence-corrected chi connectivity index (χ3v) is 30.7. The van der Waals surface area contributed by atoms with Gasteiger partial charge in [0.2, 0.25) is 0 Å². The van der Waals surface area contributed by atoms with Gasteiger partial charge in [0, 0.05) is 149 Å². The summed E-state index contributed by atoms with van der Waals surface area (Å²) < 4.78 is 13.6. The minimum atomic E-state index is 0.0658. The second-order valence-corrected chi connectivity index (χ2v) is 50.4. The van der Waals surface area contributed by atoms with Crippen LogP contribution in [-0.2, 0) is 43.3 Å². The third kappa shape index (κ3) is 40.5. The van der Waals surface area contributed by atoms with Crippen molar-refractivity contribution in [2.24, 2.45) is 5.73 Å². The number of rotatable bonds is 43. The maximum Gasteiger partial charge on any atom is 0.0796 e. The fourth-order valence-corrected chi connectivity index (χ4v) is 22.1. The minimum absolute atomic E-state index is 0.0658. The number of nitrogens with two attached hydrogens (primary N) is 1. The molecule has 0 radical (unpaired) electrons. The normalized spacial score (nSPS) is 12.3. The van der Waals surface area contributed by atoms with Crippen LogP contribution in [-0.4, -0.2) is 222 Å². The van der Waals surface area contributed by atoms with E-state index in [4.69, 9.17) is 201 Å². The molecule has 0 bridgehead atoms. The fourth-order valence-electron chi connectivity index (χ4n) is 15.8. The first-order valence-electron chi connectivity index (χ1n) is 49.2. The zero-order chi connectivity index (χ0) is 106. The standard InChI is InChI=1S/C16H28N2S2.C15H26N2S2.2C14H24N2S2.C13H22N2S2.C12H20N2S2.C11H18N2S2.C10H16N2S2/c1-6-9-18(10-7-2)11-8-17-13-12(16(3,4)5)14(19)15(13)20;1-6-9-17(7-2)10-8-16-12-11(15(3,4)5)13(18)14(12)19;1-6-8-16(5)9-7-15-11-10(14(2,3)4)12(17)13(11)18;1-6-16(7-2)9-8-15-11-10(14(3,4)5)12(17)13(11)18;1-6-15(5)8-7-14-10-9(13(2,3)4)11(16)12(10)17;1-12(2,3)8-9(11(16)10(8)15)13-6-7-14(4)5;1-11(2,3)7-8(10(15)9(7)14)13-6-5-12-4;1-10(2,3)6-7(12-5-4-11)9(14)8(6)13/h17H,6-11H2,1-5H3;16H,6-10H2,1-5H3;2*15H,6-9H2,1-5H3;14H,6-8H2,1-5H3;13H,6-7H2,1-5H3;12-13H,5-6H2,1-4H3;12H,4-5,11H2,1-3H3. The smallest absolute Gasteiger partial charge is 0.0796 e. The van der Waals surface area contributed by atoms with Crippen LogP contribution in [0.2, 0.25) is 0 Å². The summed E-state index contributed by atoms with van der Waals surface area (Å²) in [4.78, 5) is 14.1. The Bertz CT molecular complexity index is 5660. The first-order chi connectivity index (χ1) is 63.1. The van der Waals surface area contributed by atoms with Gasteiger partial charge in [-0.05, 0) is 157 Å². The molecule has 8 rings (SSSR count). The van der Waals surface area contributed by atoms with Gasteiger partial charge >= 0.3 is 0 Å². The Morgan fingerprint density at radius 2 is 0.394 bits per heavy atom. The second-order valence-electron chi connectivity index (χ2n) is 43.9. The number of likely N-dealkylation sites (N-methyl/N-ethyl adjacent to an activating group) is 6. The van der Waals surface area contributed by atoms with Crippen molar-refractivity contribution >= 4 is 241 Å². The van der Waals surface area contributed by atoms with Gasteiger partial charge in [-0.3, -0.25) is 0 Å². The van der Waals surface area contributed by atoms with E-state index in [9.17, 15) is 0 Å². The van der Waals surface area contributed by atoms with Crippen molar-refractivity contribution < 1.29 is 0 Å². The van der Waals surface area contributed by atoms with Crippen LogP contribution in [0.4, 0.5) is 45.5 Å². The van der Waals surface area contributed by atoms with Crippen molar-refractivity contribution in [3.8, 4) is 0 Å². The lowest BCUT2D eigenvalue weighted by Crippen LogP contribution is -2.31.